The molecule has 0 saturated heterocycles. The van der Waals surface area contributed by atoms with Crippen molar-refractivity contribution in [3.05, 3.63) is 6.33 Å². The monoisotopic (exact) mass is 310 g/mol. The summed E-state index contributed by atoms with van der Waals surface area (Å²) in [5, 5.41) is 20.5. The average molecular weight is 310 g/mol. The quantitative estimate of drug-likeness (QED) is 0.735. The summed E-state index contributed by atoms with van der Waals surface area (Å²) in [5.41, 5.74) is -0.534. The number of carbonyl (C=O) groups is 2. The van der Waals surface area contributed by atoms with Gasteiger partial charge in [0.2, 0.25) is 5.91 Å². The minimum absolute atomic E-state index is 0.00165. The third-order valence-electron chi connectivity index (χ3n) is 4.02. The molecule has 1 heterocycles. The van der Waals surface area contributed by atoms with Gasteiger partial charge in [0.15, 0.2) is 5.16 Å². The van der Waals surface area contributed by atoms with Gasteiger partial charge in [0.1, 0.15) is 6.33 Å². The largest absolute Gasteiger partial charge is 0.481 e. The molecule has 0 aliphatic heterocycles. The Kier molecular flexibility index (Phi) is 3.88. The first-order chi connectivity index (χ1) is 10.1. The van der Waals surface area contributed by atoms with E-state index in [0.717, 1.165) is 37.3 Å². The summed E-state index contributed by atoms with van der Waals surface area (Å²) in [4.78, 5) is 22.9. The lowest BCUT2D eigenvalue weighted by molar-refractivity contribution is -0.140. The molecule has 0 unspecified atom stereocenters. The van der Waals surface area contributed by atoms with E-state index in [1.165, 1.54) is 11.8 Å². The van der Waals surface area contributed by atoms with Crippen LogP contribution in [0.4, 0.5) is 0 Å². The van der Waals surface area contributed by atoms with E-state index in [-0.39, 0.29) is 18.1 Å². The van der Waals surface area contributed by atoms with Crippen LogP contribution < -0.4 is 5.32 Å². The Morgan fingerprint density at radius 2 is 2.24 bits per heavy atom. The van der Waals surface area contributed by atoms with Gasteiger partial charge in [-0.2, -0.15) is 0 Å². The second-order valence-corrected chi connectivity index (χ2v) is 6.74. The molecule has 0 atom stereocenters. The number of aliphatic carboxylic acids is 1. The molecule has 0 radical (unpaired) electrons. The number of amides is 1. The average Bonchev–Trinajstić information content (AvgIpc) is 3.12. The molecule has 8 heteroatoms. The Morgan fingerprint density at radius 1 is 1.48 bits per heavy atom. The van der Waals surface area contributed by atoms with Crippen LogP contribution >= 0.6 is 11.8 Å². The first-order valence-corrected chi connectivity index (χ1v) is 8.12. The van der Waals surface area contributed by atoms with Crippen LogP contribution in [-0.4, -0.2) is 43.0 Å². The predicted octanol–water partition coefficient (Wildman–Crippen LogP) is 1.22. The maximum absolute atomic E-state index is 12.0. The highest BCUT2D eigenvalue weighted by molar-refractivity contribution is 7.99. The van der Waals surface area contributed by atoms with Gasteiger partial charge in [-0.15, -0.1) is 10.2 Å². The summed E-state index contributed by atoms with van der Waals surface area (Å²) in [7, 11) is 0. The molecular formula is C13H18N4O3S. The molecule has 114 valence electrons. The number of carboxylic acids is 1. The first-order valence-electron chi connectivity index (χ1n) is 7.13. The number of hydrogen-bond donors (Lipinski definition) is 2. The molecule has 0 spiro atoms. The van der Waals surface area contributed by atoms with Crippen molar-refractivity contribution in [3.63, 3.8) is 0 Å². The highest BCUT2D eigenvalue weighted by atomic mass is 32.2. The van der Waals surface area contributed by atoms with E-state index in [1.54, 1.807) is 6.33 Å². The van der Waals surface area contributed by atoms with Crippen molar-refractivity contribution in [1.29, 1.82) is 0 Å². The molecule has 0 aromatic carbocycles. The van der Waals surface area contributed by atoms with Crippen molar-refractivity contribution in [3.8, 4) is 0 Å². The number of hydrogen-bond acceptors (Lipinski definition) is 5. The minimum atomic E-state index is -0.865. The Labute approximate surface area is 126 Å². The van der Waals surface area contributed by atoms with Gasteiger partial charge in [-0.1, -0.05) is 11.8 Å². The molecule has 1 aromatic rings. The lowest BCUT2D eigenvalue weighted by atomic mass is 9.74. The maximum atomic E-state index is 12.0. The number of nitrogens with one attached hydrogen (secondary N) is 1. The summed E-state index contributed by atoms with van der Waals surface area (Å²) in [5.74, 6) is -0.755. The molecule has 2 fully saturated rings. The third-order valence-corrected chi connectivity index (χ3v) is 4.97. The summed E-state index contributed by atoms with van der Waals surface area (Å²) in [6, 6.07) is 0.482. The number of nitrogens with zero attached hydrogens (tertiary/aromatic N) is 3. The number of carboxylic acid groups (broad SMARTS) is 1. The maximum Gasteiger partial charge on any atom is 0.305 e. The normalized spacial score (nSPS) is 19.8. The molecule has 0 bridgehead atoms. The number of aromatic nitrogens is 3. The van der Waals surface area contributed by atoms with E-state index >= 15 is 0 Å². The molecule has 2 saturated carbocycles. The zero-order valence-corrected chi connectivity index (χ0v) is 12.4. The van der Waals surface area contributed by atoms with Crippen LogP contribution in [0.1, 0.15) is 44.6 Å². The zero-order chi connectivity index (χ0) is 14.9. The molecule has 2 N–H and O–H groups in total. The van der Waals surface area contributed by atoms with Crippen molar-refractivity contribution in [2.75, 3.05) is 5.75 Å². The van der Waals surface area contributed by atoms with Crippen molar-refractivity contribution >= 4 is 23.6 Å². The van der Waals surface area contributed by atoms with Crippen molar-refractivity contribution in [1.82, 2.24) is 20.1 Å². The van der Waals surface area contributed by atoms with Gasteiger partial charge in [-0.05, 0) is 32.1 Å². The molecule has 21 heavy (non-hydrogen) atoms. The SMILES string of the molecule is O=C(O)CC1(NC(=O)CSc2nncn2C2CC2)CCC1. The van der Waals surface area contributed by atoms with Gasteiger partial charge < -0.3 is 15.0 Å². The highest BCUT2D eigenvalue weighted by Crippen LogP contribution is 2.37. The Morgan fingerprint density at radius 3 is 2.81 bits per heavy atom. The molecule has 1 amide bonds. The number of rotatable bonds is 7. The van der Waals surface area contributed by atoms with Gasteiger partial charge in [-0.3, -0.25) is 9.59 Å². The summed E-state index contributed by atoms with van der Waals surface area (Å²) < 4.78 is 2.01. The lowest BCUT2D eigenvalue weighted by Crippen LogP contribution is -2.55. The van der Waals surface area contributed by atoms with Crippen LogP contribution in [0.15, 0.2) is 11.5 Å². The Hall–Kier alpha value is -1.57. The minimum Gasteiger partial charge on any atom is -0.481 e. The highest BCUT2D eigenvalue weighted by Gasteiger charge is 2.40. The standard InChI is InChI=1S/C13H18N4O3S/c18-10(15-13(4-1-5-13)6-11(19)20)7-21-12-16-14-8-17(12)9-2-3-9/h8-9H,1-7H2,(H,15,18)(H,19,20). The van der Waals surface area contributed by atoms with Crippen molar-refractivity contribution in [2.45, 2.75) is 55.3 Å². The second-order valence-electron chi connectivity index (χ2n) is 5.79. The Balaban J connectivity index is 1.52. The van der Waals surface area contributed by atoms with Crippen LogP contribution in [0.2, 0.25) is 0 Å². The van der Waals surface area contributed by atoms with Gasteiger partial charge in [0.05, 0.1) is 17.7 Å². The number of thioether (sulfide) groups is 1. The fourth-order valence-electron chi connectivity index (χ4n) is 2.64. The predicted molar refractivity (Wildman–Crippen MR) is 76.0 cm³/mol. The van der Waals surface area contributed by atoms with Gasteiger partial charge in [0, 0.05) is 6.04 Å². The molecular weight excluding hydrogens is 292 g/mol. The van der Waals surface area contributed by atoms with Crippen LogP contribution in [0.5, 0.6) is 0 Å². The summed E-state index contributed by atoms with van der Waals surface area (Å²) in [6.07, 6.45) is 6.44. The molecule has 2 aliphatic carbocycles. The topological polar surface area (TPSA) is 97.1 Å². The van der Waals surface area contributed by atoms with Crippen LogP contribution in [0.25, 0.3) is 0 Å². The Bertz CT molecular complexity index is 551. The third kappa shape index (κ3) is 3.37. The lowest BCUT2D eigenvalue weighted by Gasteiger charge is -2.41. The fourth-order valence-corrected chi connectivity index (χ4v) is 3.42. The van der Waals surface area contributed by atoms with E-state index < -0.39 is 11.5 Å². The van der Waals surface area contributed by atoms with Crippen LogP contribution in [0.3, 0.4) is 0 Å². The van der Waals surface area contributed by atoms with Gasteiger partial charge in [0.25, 0.3) is 0 Å². The number of carbonyl (C=O) groups excluding carboxylic acids is 1. The van der Waals surface area contributed by atoms with E-state index in [9.17, 15) is 9.59 Å². The molecule has 1 aromatic heterocycles. The molecule has 2 aliphatic rings. The summed E-state index contributed by atoms with van der Waals surface area (Å²) in [6.45, 7) is 0. The van der Waals surface area contributed by atoms with E-state index in [0.29, 0.717) is 6.04 Å². The van der Waals surface area contributed by atoms with Crippen LogP contribution in [0, 0.1) is 0 Å². The summed E-state index contributed by atoms with van der Waals surface area (Å²) >= 11 is 1.35. The van der Waals surface area contributed by atoms with Gasteiger partial charge in [-0.25, -0.2) is 0 Å². The zero-order valence-electron chi connectivity index (χ0n) is 11.6. The van der Waals surface area contributed by atoms with E-state index in [2.05, 4.69) is 15.5 Å². The smallest absolute Gasteiger partial charge is 0.305 e. The molecule has 3 rings (SSSR count). The first kappa shape index (κ1) is 14.4. The molecule has 7 nitrogen and oxygen atoms in total. The van der Waals surface area contributed by atoms with Gasteiger partial charge >= 0.3 is 5.97 Å². The second kappa shape index (κ2) is 5.67. The van der Waals surface area contributed by atoms with Crippen molar-refractivity contribution < 1.29 is 14.7 Å². The van der Waals surface area contributed by atoms with Crippen molar-refractivity contribution in [2.24, 2.45) is 0 Å². The van der Waals surface area contributed by atoms with Crippen LogP contribution in [-0.2, 0) is 9.59 Å². The van der Waals surface area contributed by atoms with E-state index in [4.69, 9.17) is 5.11 Å². The fraction of sp³-hybridized carbons (Fsp3) is 0.692. The van der Waals surface area contributed by atoms with E-state index in [1.807, 2.05) is 4.57 Å².